The van der Waals surface area contributed by atoms with Gasteiger partial charge in [-0.05, 0) is 29.8 Å². The predicted octanol–water partition coefficient (Wildman–Crippen LogP) is 4.25. The van der Waals surface area contributed by atoms with Gasteiger partial charge in [0, 0.05) is 21.5 Å². The Morgan fingerprint density at radius 1 is 1.33 bits per heavy atom. The first kappa shape index (κ1) is 14.6. The van der Waals surface area contributed by atoms with Crippen molar-refractivity contribution in [3.05, 3.63) is 58.3 Å². The highest BCUT2D eigenvalue weighted by Crippen LogP contribution is 2.35. The van der Waals surface area contributed by atoms with Crippen LogP contribution in [0.4, 0.5) is 4.39 Å². The molecule has 2 aromatic rings. The summed E-state index contributed by atoms with van der Waals surface area (Å²) >= 11 is 4.91. The van der Waals surface area contributed by atoms with Crippen molar-refractivity contribution in [2.45, 2.75) is 17.4 Å². The van der Waals surface area contributed by atoms with Crippen LogP contribution in [0.2, 0.25) is 0 Å². The Balaban J connectivity index is 1.72. The number of ether oxygens (including phenoxy) is 1. The molecular weight excluding hydrogens is 355 g/mol. The fourth-order valence-electron chi connectivity index (χ4n) is 2.14. The van der Waals surface area contributed by atoms with Gasteiger partial charge in [-0.3, -0.25) is 4.79 Å². The first-order chi connectivity index (χ1) is 10.1. The molecule has 108 valence electrons. The smallest absolute Gasteiger partial charge is 0.178 e. The minimum absolute atomic E-state index is 0.00399. The lowest BCUT2D eigenvalue weighted by Gasteiger charge is -2.24. The number of thioether (sulfide) groups is 1. The van der Waals surface area contributed by atoms with E-state index in [1.807, 2.05) is 24.3 Å². The van der Waals surface area contributed by atoms with Crippen molar-refractivity contribution in [2.75, 3.05) is 5.75 Å². The molecule has 0 spiro atoms. The number of carbonyl (C=O) groups is 1. The largest absolute Gasteiger partial charge is 0.481 e. The molecule has 0 saturated carbocycles. The molecule has 1 aliphatic heterocycles. The standard InChI is InChI=1S/C16H12BrFO2S/c17-12-8-11(18)6-5-10(12)7-13(19)15-9-21-16-4-2-1-3-14(16)20-15/h1-6,8,15H,7,9H2. The lowest BCUT2D eigenvalue weighted by atomic mass is 10.1. The average molecular weight is 367 g/mol. The van der Waals surface area contributed by atoms with Gasteiger partial charge in [-0.15, -0.1) is 11.8 Å². The van der Waals surface area contributed by atoms with Crippen molar-refractivity contribution in [2.24, 2.45) is 0 Å². The second kappa shape index (κ2) is 6.20. The maximum absolute atomic E-state index is 13.1. The third-order valence-electron chi connectivity index (χ3n) is 3.25. The van der Waals surface area contributed by atoms with Gasteiger partial charge in [0.05, 0.1) is 0 Å². The normalized spacial score (nSPS) is 17.0. The summed E-state index contributed by atoms with van der Waals surface area (Å²) < 4.78 is 19.4. The number of Topliss-reactive ketones (excluding diaryl/α,β-unsaturated/α-hetero) is 1. The molecule has 2 nitrogen and oxygen atoms in total. The summed E-state index contributed by atoms with van der Waals surface area (Å²) in [5.41, 5.74) is 0.772. The number of fused-ring (bicyclic) bond motifs is 1. The van der Waals surface area contributed by atoms with Crippen molar-refractivity contribution >= 4 is 33.5 Å². The van der Waals surface area contributed by atoms with Crippen LogP contribution in [0, 0.1) is 5.82 Å². The van der Waals surface area contributed by atoms with Crippen LogP contribution in [-0.4, -0.2) is 17.6 Å². The predicted molar refractivity (Wildman–Crippen MR) is 84.4 cm³/mol. The maximum atomic E-state index is 13.1. The Bertz CT molecular complexity index is 690. The molecule has 5 heteroatoms. The van der Waals surface area contributed by atoms with Crippen LogP contribution < -0.4 is 4.74 Å². The van der Waals surface area contributed by atoms with E-state index in [0.29, 0.717) is 10.2 Å². The topological polar surface area (TPSA) is 26.3 Å². The number of hydrogen-bond donors (Lipinski definition) is 0. The molecule has 3 rings (SSSR count). The van der Waals surface area contributed by atoms with E-state index in [0.717, 1.165) is 16.2 Å². The summed E-state index contributed by atoms with van der Waals surface area (Å²) in [5.74, 6) is 1.04. The summed E-state index contributed by atoms with van der Waals surface area (Å²) in [6.45, 7) is 0. The van der Waals surface area contributed by atoms with Gasteiger partial charge < -0.3 is 4.74 Å². The molecule has 0 radical (unpaired) electrons. The van der Waals surface area contributed by atoms with Crippen molar-refractivity contribution in [3.63, 3.8) is 0 Å². The van der Waals surface area contributed by atoms with Gasteiger partial charge >= 0.3 is 0 Å². The van der Waals surface area contributed by atoms with Crippen LogP contribution in [0.1, 0.15) is 5.56 Å². The van der Waals surface area contributed by atoms with Crippen LogP contribution in [0.15, 0.2) is 51.8 Å². The lowest BCUT2D eigenvalue weighted by molar-refractivity contribution is -0.124. The number of para-hydroxylation sites is 1. The first-order valence-electron chi connectivity index (χ1n) is 6.48. The van der Waals surface area contributed by atoms with Crippen LogP contribution in [0.25, 0.3) is 0 Å². The minimum Gasteiger partial charge on any atom is -0.481 e. The zero-order chi connectivity index (χ0) is 14.8. The van der Waals surface area contributed by atoms with E-state index >= 15 is 0 Å². The zero-order valence-electron chi connectivity index (χ0n) is 11.0. The minimum atomic E-state index is -0.457. The fourth-order valence-corrected chi connectivity index (χ4v) is 3.65. The maximum Gasteiger partial charge on any atom is 0.178 e. The van der Waals surface area contributed by atoms with Crippen LogP contribution >= 0.6 is 27.7 Å². The van der Waals surface area contributed by atoms with Crippen LogP contribution in [-0.2, 0) is 11.2 Å². The number of ketones is 1. The molecule has 0 amide bonds. The highest BCUT2D eigenvalue weighted by molar-refractivity contribution is 9.10. The molecule has 2 aromatic carbocycles. The number of halogens is 2. The second-order valence-electron chi connectivity index (χ2n) is 4.74. The van der Waals surface area contributed by atoms with E-state index in [1.54, 1.807) is 17.8 Å². The SMILES string of the molecule is O=C(Cc1ccc(F)cc1Br)C1CSc2ccccc2O1. The van der Waals surface area contributed by atoms with Gasteiger partial charge in [0.25, 0.3) is 0 Å². The highest BCUT2D eigenvalue weighted by Gasteiger charge is 2.26. The van der Waals surface area contributed by atoms with Crippen LogP contribution in [0.3, 0.4) is 0 Å². The molecule has 1 aliphatic rings. The molecule has 0 aromatic heterocycles. The first-order valence-corrected chi connectivity index (χ1v) is 8.26. The second-order valence-corrected chi connectivity index (χ2v) is 6.66. The van der Waals surface area contributed by atoms with Gasteiger partial charge in [-0.2, -0.15) is 0 Å². The highest BCUT2D eigenvalue weighted by atomic mass is 79.9. The van der Waals surface area contributed by atoms with Crippen molar-refractivity contribution in [1.82, 2.24) is 0 Å². The van der Waals surface area contributed by atoms with Gasteiger partial charge in [-0.1, -0.05) is 34.1 Å². The number of hydrogen-bond acceptors (Lipinski definition) is 3. The van der Waals surface area contributed by atoms with Crippen molar-refractivity contribution in [1.29, 1.82) is 0 Å². The molecule has 0 N–H and O–H groups in total. The third-order valence-corrected chi connectivity index (χ3v) is 5.10. The monoisotopic (exact) mass is 366 g/mol. The molecule has 1 unspecified atom stereocenters. The lowest BCUT2D eigenvalue weighted by Crippen LogP contribution is -2.33. The van der Waals surface area contributed by atoms with Gasteiger partial charge in [0.15, 0.2) is 11.9 Å². The van der Waals surface area contributed by atoms with E-state index in [4.69, 9.17) is 4.74 Å². The molecule has 1 heterocycles. The molecule has 1 atom stereocenters. The molecule has 21 heavy (non-hydrogen) atoms. The number of benzene rings is 2. The number of rotatable bonds is 3. The molecule has 0 aliphatic carbocycles. The Kier molecular flexibility index (Phi) is 4.31. The summed E-state index contributed by atoms with van der Waals surface area (Å²) in [5, 5.41) is 0. The Hall–Kier alpha value is -1.33. The van der Waals surface area contributed by atoms with Crippen molar-refractivity contribution < 1.29 is 13.9 Å². The summed E-state index contributed by atoms with van der Waals surface area (Å²) in [6, 6.07) is 12.1. The molecule has 0 fully saturated rings. The van der Waals surface area contributed by atoms with Gasteiger partial charge in [0.1, 0.15) is 11.6 Å². The van der Waals surface area contributed by atoms with Crippen molar-refractivity contribution in [3.8, 4) is 5.75 Å². The Labute approximate surface area is 134 Å². The molecular formula is C16H12BrFO2S. The Morgan fingerprint density at radius 2 is 2.14 bits per heavy atom. The number of carbonyl (C=O) groups excluding carboxylic acids is 1. The summed E-state index contributed by atoms with van der Waals surface area (Å²) in [4.78, 5) is 13.4. The molecule has 0 saturated heterocycles. The summed E-state index contributed by atoms with van der Waals surface area (Å²) in [6.07, 6.45) is -0.226. The quantitative estimate of drug-likeness (QED) is 0.811. The van der Waals surface area contributed by atoms with Gasteiger partial charge in [0.2, 0.25) is 0 Å². The summed E-state index contributed by atoms with van der Waals surface area (Å²) in [7, 11) is 0. The van der Waals surface area contributed by atoms with E-state index in [9.17, 15) is 9.18 Å². The third kappa shape index (κ3) is 3.30. The molecule has 0 bridgehead atoms. The van der Waals surface area contributed by atoms with Crippen LogP contribution in [0.5, 0.6) is 5.75 Å². The van der Waals surface area contributed by atoms with E-state index in [2.05, 4.69) is 15.9 Å². The fraction of sp³-hybridized carbons (Fsp3) is 0.188. The van der Waals surface area contributed by atoms with E-state index in [1.165, 1.54) is 12.1 Å². The van der Waals surface area contributed by atoms with E-state index < -0.39 is 6.10 Å². The van der Waals surface area contributed by atoms with Gasteiger partial charge in [-0.25, -0.2) is 4.39 Å². The Morgan fingerprint density at radius 3 is 2.95 bits per heavy atom. The van der Waals surface area contributed by atoms with E-state index in [-0.39, 0.29) is 18.0 Å². The average Bonchev–Trinajstić information content (AvgIpc) is 2.49. The zero-order valence-corrected chi connectivity index (χ0v) is 13.4.